The Hall–Kier alpha value is -3.99. The van der Waals surface area contributed by atoms with E-state index in [1.807, 2.05) is 44.2 Å². The second-order valence-corrected chi connectivity index (χ2v) is 7.93. The summed E-state index contributed by atoms with van der Waals surface area (Å²) in [4.78, 5) is 33.6. The molecule has 164 valence electrons. The van der Waals surface area contributed by atoms with Crippen LogP contribution in [0.25, 0.3) is 10.9 Å². The van der Waals surface area contributed by atoms with Gasteiger partial charge in [0.25, 0.3) is 5.91 Å². The Morgan fingerprint density at radius 1 is 1.09 bits per heavy atom. The molecule has 2 amide bonds. The number of anilines is 1. The van der Waals surface area contributed by atoms with Crippen LogP contribution in [0.15, 0.2) is 48.5 Å². The largest absolute Gasteiger partial charge is 0.368 e. The lowest BCUT2D eigenvalue weighted by Gasteiger charge is -2.21. The van der Waals surface area contributed by atoms with Crippen LogP contribution in [0.2, 0.25) is 0 Å². The van der Waals surface area contributed by atoms with Crippen LogP contribution in [-0.4, -0.2) is 27.8 Å². The highest BCUT2D eigenvalue weighted by molar-refractivity contribution is 5.94. The van der Waals surface area contributed by atoms with Crippen LogP contribution >= 0.6 is 0 Å². The van der Waals surface area contributed by atoms with E-state index < -0.39 is 11.9 Å². The van der Waals surface area contributed by atoms with Crippen molar-refractivity contribution in [3.05, 3.63) is 65.5 Å². The van der Waals surface area contributed by atoms with Crippen LogP contribution in [0.1, 0.15) is 48.4 Å². The molecule has 1 aromatic heterocycles. The summed E-state index contributed by atoms with van der Waals surface area (Å²) < 4.78 is 0. The van der Waals surface area contributed by atoms with E-state index in [0.29, 0.717) is 22.7 Å². The van der Waals surface area contributed by atoms with Crippen molar-refractivity contribution in [2.45, 2.75) is 39.3 Å². The van der Waals surface area contributed by atoms with Gasteiger partial charge in [0.2, 0.25) is 5.91 Å². The van der Waals surface area contributed by atoms with E-state index in [-0.39, 0.29) is 24.3 Å². The van der Waals surface area contributed by atoms with Crippen molar-refractivity contribution in [1.82, 2.24) is 15.3 Å². The maximum atomic E-state index is 12.7. The number of nitrogens with zero attached hydrogens (tertiary/aromatic N) is 3. The van der Waals surface area contributed by atoms with Crippen molar-refractivity contribution in [3.8, 4) is 6.07 Å². The van der Waals surface area contributed by atoms with Crippen LogP contribution in [0, 0.1) is 17.2 Å². The fourth-order valence-electron chi connectivity index (χ4n) is 3.31. The number of rotatable bonds is 8. The summed E-state index contributed by atoms with van der Waals surface area (Å²) in [6.07, 6.45) is 0. The third-order valence-corrected chi connectivity index (χ3v) is 5.16. The van der Waals surface area contributed by atoms with Crippen LogP contribution < -0.4 is 16.4 Å². The topological polar surface area (TPSA) is 134 Å². The first-order valence-corrected chi connectivity index (χ1v) is 10.4. The average molecular weight is 431 g/mol. The van der Waals surface area contributed by atoms with Gasteiger partial charge in [-0.25, -0.2) is 9.97 Å². The molecule has 1 heterocycles. The van der Waals surface area contributed by atoms with Gasteiger partial charge in [0.05, 0.1) is 24.0 Å². The van der Waals surface area contributed by atoms with Crippen molar-refractivity contribution in [2.24, 2.45) is 11.7 Å². The summed E-state index contributed by atoms with van der Waals surface area (Å²) in [5, 5.41) is 15.8. The third kappa shape index (κ3) is 5.19. The van der Waals surface area contributed by atoms with Crippen LogP contribution in [0.3, 0.4) is 0 Å². The number of benzene rings is 2. The molecule has 0 saturated heterocycles. The minimum Gasteiger partial charge on any atom is -0.368 e. The van der Waals surface area contributed by atoms with Gasteiger partial charge in [0, 0.05) is 10.9 Å². The van der Waals surface area contributed by atoms with E-state index in [0.717, 1.165) is 10.9 Å². The predicted molar refractivity (Wildman–Crippen MR) is 123 cm³/mol. The van der Waals surface area contributed by atoms with Gasteiger partial charge in [0.15, 0.2) is 5.82 Å². The summed E-state index contributed by atoms with van der Waals surface area (Å²) in [7, 11) is 0. The van der Waals surface area contributed by atoms with Crippen molar-refractivity contribution in [1.29, 1.82) is 5.26 Å². The second-order valence-electron chi connectivity index (χ2n) is 7.93. The molecule has 8 nitrogen and oxygen atoms in total. The van der Waals surface area contributed by atoms with Gasteiger partial charge in [-0.05, 0) is 42.7 Å². The average Bonchev–Trinajstić information content (AvgIpc) is 2.79. The fourth-order valence-corrected chi connectivity index (χ4v) is 3.31. The Morgan fingerprint density at radius 3 is 2.53 bits per heavy atom. The minimum atomic E-state index is -0.597. The van der Waals surface area contributed by atoms with Gasteiger partial charge < -0.3 is 16.4 Å². The van der Waals surface area contributed by atoms with Gasteiger partial charge in [0.1, 0.15) is 11.9 Å². The molecule has 0 spiro atoms. The molecule has 32 heavy (non-hydrogen) atoms. The fraction of sp³-hybridized carbons (Fsp3) is 0.292. The van der Waals surface area contributed by atoms with Crippen LogP contribution in [0.5, 0.6) is 0 Å². The summed E-state index contributed by atoms with van der Waals surface area (Å²) >= 11 is 0. The zero-order chi connectivity index (χ0) is 23.3. The zero-order valence-corrected chi connectivity index (χ0v) is 18.3. The Morgan fingerprint density at radius 2 is 1.84 bits per heavy atom. The number of hydrogen-bond acceptors (Lipinski definition) is 6. The number of primary amides is 1. The molecule has 1 unspecified atom stereocenters. The molecule has 0 aliphatic carbocycles. The van der Waals surface area contributed by atoms with Gasteiger partial charge in [-0.2, -0.15) is 5.26 Å². The van der Waals surface area contributed by atoms with E-state index in [4.69, 9.17) is 11.0 Å². The minimum absolute atomic E-state index is 0.0348. The molecule has 0 fully saturated rings. The van der Waals surface area contributed by atoms with Gasteiger partial charge >= 0.3 is 0 Å². The van der Waals surface area contributed by atoms with E-state index in [2.05, 4.69) is 26.7 Å². The zero-order valence-electron chi connectivity index (χ0n) is 18.3. The number of hydrogen-bond donors (Lipinski definition) is 3. The lowest BCUT2D eigenvalue weighted by atomic mass is 10.0. The Kier molecular flexibility index (Phi) is 7.00. The van der Waals surface area contributed by atoms with Gasteiger partial charge in [-0.15, -0.1) is 0 Å². The molecule has 3 rings (SSSR count). The van der Waals surface area contributed by atoms with Crippen molar-refractivity contribution in [3.63, 3.8) is 0 Å². The summed E-state index contributed by atoms with van der Waals surface area (Å²) in [6, 6.07) is 16.0. The maximum absolute atomic E-state index is 12.7. The van der Waals surface area contributed by atoms with E-state index in [9.17, 15) is 9.59 Å². The molecule has 0 bridgehead atoms. The number of nitrogens with two attached hydrogens (primary N) is 1. The monoisotopic (exact) mass is 430 g/mol. The molecule has 0 radical (unpaired) electrons. The number of carbonyl (C=O) groups excluding carboxylic acids is 2. The number of nitriles is 1. The Labute approximate surface area is 186 Å². The van der Waals surface area contributed by atoms with Crippen LogP contribution in [0.4, 0.5) is 5.82 Å². The van der Waals surface area contributed by atoms with Crippen molar-refractivity contribution in [2.75, 3.05) is 5.32 Å². The molecule has 3 aromatic rings. The van der Waals surface area contributed by atoms with Gasteiger partial charge in [-0.1, -0.05) is 38.1 Å². The standard InChI is InChI=1S/C24H26N6O2/c1-14(2)21(22(26)31)30-23-18-9-4-5-10-19(18)28-20(29-23)13-27-24(32)17-8-6-7-16(11-17)15(3)12-25/h4-11,14-15,21H,13H2,1-3H3,(H2,26,31)(H,27,32)(H,28,29,30)/t15?,21-/m0/s1. The highest BCUT2D eigenvalue weighted by Gasteiger charge is 2.21. The van der Waals surface area contributed by atoms with E-state index in [1.165, 1.54) is 0 Å². The number of para-hydroxylation sites is 1. The SMILES string of the molecule is CC(C#N)c1cccc(C(=O)NCc2nc(N[C@H](C(N)=O)C(C)C)c3ccccc3n2)c1. The third-order valence-electron chi connectivity index (χ3n) is 5.16. The highest BCUT2D eigenvalue weighted by atomic mass is 16.2. The lowest BCUT2D eigenvalue weighted by Crippen LogP contribution is -2.40. The Bertz CT molecular complexity index is 1180. The smallest absolute Gasteiger partial charge is 0.251 e. The van der Waals surface area contributed by atoms with E-state index >= 15 is 0 Å². The first kappa shape index (κ1) is 22.7. The molecule has 2 atom stereocenters. The normalized spacial score (nSPS) is 12.7. The number of nitrogens with one attached hydrogen (secondary N) is 2. The Balaban J connectivity index is 1.84. The van der Waals surface area contributed by atoms with Crippen molar-refractivity contribution >= 4 is 28.5 Å². The van der Waals surface area contributed by atoms with Crippen molar-refractivity contribution < 1.29 is 9.59 Å². The molecule has 2 aromatic carbocycles. The second kappa shape index (κ2) is 9.88. The maximum Gasteiger partial charge on any atom is 0.251 e. The first-order chi connectivity index (χ1) is 15.3. The molecule has 0 saturated carbocycles. The number of aromatic nitrogens is 2. The molecular formula is C24H26N6O2. The molecule has 0 aliphatic rings. The highest BCUT2D eigenvalue weighted by Crippen LogP contribution is 2.22. The molecule has 4 N–H and O–H groups in total. The first-order valence-electron chi connectivity index (χ1n) is 10.4. The summed E-state index contributed by atoms with van der Waals surface area (Å²) in [5.74, 6) is -0.216. The lowest BCUT2D eigenvalue weighted by molar-refractivity contribution is -0.119. The van der Waals surface area contributed by atoms with Gasteiger partial charge in [-0.3, -0.25) is 9.59 Å². The number of carbonyl (C=O) groups is 2. The number of fused-ring (bicyclic) bond motifs is 1. The summed E-state index contributed by atoms with van der Waals surface area (Å²) in [6.45, 7) is 5.67. The quantitative estimate of drug-likeness (QED) is 0.503. The summed E-state index contributed by atoms with van der Waals surface area (Å²) in [5.41, 5.74) is 7.47. The van der Waals surface area contributed by atoms with E-state index in [1.54, 1.807) is 25.1 Å². The molecule has 8 heteroatoms. The van der Waals surface area contributed by atoms with Crippen LogP contribution in [-0.2, 0) is 11.3 Å². The molecular weight excluding hydrogens is 404 g/mol. The predicted octanol–water partition coefficient (Wildman–Crippen LogP) is 3.11. The number of amides is 2. The molecule has 0 aliphatic heterocycles.